The fraction of sp³-hybridized carbons (Fsp3) is 0.731. The molecule has 0 fully saturated rings. The van der Waals surface area contributed by atoms with Crippen LogP contribution in [0.5, 0.6) is 0 Å². The monoisotopic (exact) mass is 810 g/mol. The van der Waals surface area contributed by atoms with Crippen molar-refractivity contribution in [2.75, 3.05) is 6.61 Å². The van der Waals surface area contributed by atoms with Gasteiger partial charge in [-0.15, -0.1) is 0 Å². The lowest BCUT2D eigenvalue weighted by Gasteiger charge is -2.24. The average Bonchev–Trinajstić information content (AvgIpc) is 3.22. The predicted octanol–water partition coefficient (Wildman–Crippen LogP) is 14.2. The lowest BCUT2D eigenvalue weighted by molar-refractivity contribution is -0.151. The summed E-state index contributed by atoms with van der Waals surface area (Å²) in [7, 11) is 0. The molecular formula is C52H91NO5. The van der Waals surface area contributed by atoms with Gasteiger partial charge in [0.15, 0.2) is 0 Å². The molecule has 0 rings (SSSR count). The van der Waals surface area contributed by atoms with Crippen LogP contribution in [-0.2, 0) is 14.3 Å². The van der Waals surface area contributed by atoms with Gasteiger partial charge in [-0.3, -0.25) is 9.59 Å². The molecule has 0 aromatic rings. The Balaban J connectivity index is 4.68. The largest absolute Gasteiger partial charge is 0.462 e. The number of aliphatic hydroxyl groups is 2. The summed E-state index contributed by atoms with van der Waals surface area (Å²) in [5.74, 6) is -0.578. The first-order chi connectivity index (χ1) is 28.5. The van der Waals surface area contributed by atoms with Crippen molar-refractivity contribution in [1.29, 1.82) is 0 Å². The number of esters is 1. The molecule has 58 heavy (non-hydrogen) atoms. The zero-order valence-electron chi connectivity index (χ0n) is 37.9. The standard InChI is InChI=1S/C52H91NO5/c1-4-7-10-13-16-19-22-24-25-26-27-30-33-36-39-42-45-52(57)58-48(43-40-37-34-31-28-21-18-15-12-9-6-3)46-51(56)53-49(47-54)50(55)44-41-38-35-32-29-23-20-17-14-11-8-5-2/h9,12,15,18,21,25-28,30-31,34,48-50,54-55H,4-8,10-11,13-14,16-17,19-20,22-24,29,32-33,35-47H2,1-3H3,(H,53,56)/b12-9+,18-15+,26-25+,28-21-,30-27+,34-31-. The third kappa shape index (κ3) is 40.1. The molecule has 0 aliphatic heterocycles. The fourth-order valence-electron chi connectivity index (χ4n) is 6.97. The highest BCUT2D eigenvalue weighted by molar-refractivity contribution is 5.77. The van der Waals surface area contributed by atoms with Gasteiger partial charge in [0.2, 0.25) is 5.91 Å². The molecule has 0 saturated carbocycles. The zero-order chi connectivity index (χ0) is 42.4. The molecule has 0 heterocycles. The van der Waals surface area contributed by atoms with Crippen molar-refractivity contribution in [2.24, 2.45) is 0 Å². The molecule has 1 amide bonds. The number of nitrogens with one attached hydrogen (secondary N) is 1. The molecule has 3 atom stereocenters. The highest BCUT2D eigenvalue weighted by atomic mass is 16.5. The Morgan fingerprint density at radius 2 is 0.948 bits per heavy atom. The van der Waals surface area contributed by atoms with E-state index in [1.807, 2.05) is 36.5 Å². The maximum atomic E-state index is 13.1. The van der Waals surface area contributed by atoms with Crippen LogP contribution in [-0.4, -0.2) is 46.9 Å². The molecule has 334 valence electrons. The minimum absolute atomic E-state index is 0.0184. The molecule has 0 saturated heterocycles. The number of allylic oxidation sites excluding steroid dienone is 12. The number of unbranched alkanes of at least 4 members (excludes halogenated alkanes) is 22. The zero-order valence-corrected chi connectivity index (χ0v) is 37.9. The van der Waals surface area contributed by atoms with Crippen LogP contribution in [0, 0.1) is 0 Å². The van der Waals surface area contributed by atoms with Crippen molar-refractivity contribution in [3.05, 3.63) is 72.9 Å². The summed E-state index contributed by atoms with van der Waals surface area (Å²) in [6.07, 6.45) is 56.8. The van der Waals surface area contributed by atoms with E-state index in [0.717, 1.165) is 70.6 Å². The van der Waals surface area contributed by atoms with Gasteiger partial charge in [0.25, 0.3) is 0 Å². The fourth-order valence-corrected chi connectivity index (χ4v) is 6.97. The number of aliphatic hydroxyl groups excluding tert-OH is 2. The Hall–Kier alpha value is -2.70. The van der Waals surface area contributed by atoms with Crippen LogP contribution >= 0.6 is 0 Å². The third-order valence-corrected chi connectivity index (χ3v) is 10.6. The van der Waals surface area contributed by atoms with Crippen LogP contribution in [0.3, 0.4) is 0 Å². The molecule has 3 unspecified atom stereocenters. The van der Waals surface area contributed by atoms with E-state index in [4.69, 9.17) is 4.74 Å². The number of amides is 1. The summed E-state index contributed by atoms with van der Waals surface area (Å²) < 4.78 is 5.86. The van der Waals surface area contributed by atoms with E-state index >= 15 is 0 Å². The van der Waals surface area contributed by atoms with Gasteiger partial charge in [0.05, 0.1) is 25.2 Å². The van der Waals surface area contributed by atoms with E-state index in [0.29, 0.717) is 19.3 Å². The summed E-state index contributed by atoms with van der Waals surface area (Å²) in [4.78, 5) is 26.0. The molecule has 0 aromatic heterocycles. The Morgan fingerprint density at radius 1 is 0.517 bits per heavy atom. The Bertz CT molecular complexity index is 1090. The van der Waals surface area contributed by atoms with Crippen molar-refractivity contribution in [2.45, 2.75) is 238 Å². The molecule has 0 aliphatic carbocycles. The van der Waals surface area contributed by atoms with Crippen LogP contribution in [0.2, 0.25) is 0 Å². The minimum Gasteiger partial charge on any atom is -0.462 e. The number of carbonyl (C=O) groups is 2. The normalized spacial score (nSPS) is 13.9. The van der Waals surface area contributed by atoms with Gasteiger partial charge >= 0.3 is 5.97 Å². The second-order valence-corrected chi connectivity index (χ2v) is 16.2. The van der Waals surface area contributed by atoms with Gasteiger partial charge in [-0.2, -0.15) is 0 Å². The van der Waals surface area contributed by atoms with Gasteiger partial charge in [0.1, 0.15) is 6.10 Å². The quantitative estimate of drug-likeness (QED) is 0.0324. The molecule has 0 bridgehead atoms. The first kappa shape index (κ1) is 55.3. The van der Waals surface area contributed by atoms with Crippen LogP contribution in [0.1, 0.15) is 220 Å². The van der Waals surface area contributed by atoms with Gasteiger partial charge in [-0.05, 0) is 64.2 Å². The number of hydrogen-bond donors (Lipinski definition) is 3. The lowest BCUT2D eigenvalue weighted by atomic mass is 10.0. The first-order valence-corrected chi connectivity index (χ1v) is 24.2. The molecule has 0 aromatic carbocycles. The third-order valence-electron chi connectivity index (χ3n) is 10.6. The number of carbonyl (C=O) groups excluding carboxylic acids is 2. The van der Waals surface area contributed by atoms with Crippen molar-refractivity contribution >= 4 is 11.9 Å². The number of ether oxygens (including phenoxy) is 1. The van der Waals surface area contributed by atoms with Gasteiger partial charge in [-0.1, -0.05) is 216 Å². The van der Waals surface area contributed by atoms with E-state index < -0.39 is 18.2 Å². The van der Waals surface area contributed by atoms with E-state index in [1.165, 1.54) is 103 Å². The van der Waals surface area contributed by atoms with E-state index in [1.54, 1.807) is 0 Å². The van der Waals surface area contributed by atoms with Gasteiger partial charge in [-0.25, -0.2) is 0 Å². The van der Waals surface area contributed by atoms with Crippen LogP contribution in [0.25, 0.3) is 0 Å². The summed E-state index contributed by atoms with van der Waals surface area (Å²) in [5.41, 5.74) is 0. The molecule has 0 radical (unpaired) electrons. The minimum atomic E-state index is -0.811. The van der Waals surface area contributed by atoms with Crippen LogP contribution in [0.4, 0.5) is 0 Å². The molecule has 6 nitrogen and oxygen atoms in total. The highest BCUT2D eigenvalue weighted by Gasteiger charge is 2.24. The van der Waals surface area contributed by atoms with Crippen LogP contribution < -0.4 is 5.32 Å². The molecule has 0 aliphatic rings. The van der Waals surface area contributed by atoms with Gasteiger partial charge in [0, 0.05) is 6.42 Å². The molecule has 6 heteroatoms. The Morgan fingerprint density at radius 3 is 1.47 bits per heavy atom. The van der Waals surface area contributed by atoms with Crippen molar-refractivity contribution in [3.8, 4) is 0 Å². The molecule has 0 spiro atoms. The van der Waals surface area contributed by atoms with E-state index in [2.05, 4.69) is 62.5 Å². The molecule has 3 N–H and O–H groups in total. The SMILES string of the molecule is CC/C=C/C=C/C=C\C=C/CCCC(CC(=O)NC(CO)C(O)CCCCCCCCCCCCCC)OC(=O)CCCCC/C=C/C=C/CCCCCCCCC. The second-order valence-electron chi connectivity index (χ2n) is 16.2. The van der Waals surface area contributed by atoms with Gasteiger partial charge < -0.3 is 20.3 Å². The summed E-state index contributed by atoms with van der Waals surface area (Å²) in [6.45, 7) is 6.29. The summed E-state index contributed by atoms with van der Waals surface area (Å²) >= 11 is 0. The van der Waals surface area contributed by atoms with Crippen molar-refractivity contribution in [3.63, 3.8) is 0 Å². The van der Waals surface area contributed by atoms with Crippen LogP contribution in [0.15, 0.2) is 72.9 Å². The predicted molar refractivity (Wildman–Crippen MR) is 250 cm³/mol. The Labute approximate surface area is 358 Å². The van der Waals surface area contributed by atoms with Crippen molar-refractivity contribution in [1.82, 2.24) is 5.32 Å². The maximum absolute atomic E-state index is 13.1. The van der Waals surface area contributed by atoms with E-state index in [9.17, 15) is 19.8 Å². The highest BCUT2D eigenvalue weighted by Crippen LogP contribution is 2.16. The first-order valence-electron chi connectivity index (χ1n) is 24.2. The topological polar surface area (TPSA) is 95.9 Å². The summed E-state index contributed by atoms with van der Waals surface area (Å²) in [6, 6.07) is -0.729. The number of hydrogen-bond acceptors (Lipinski definition) is 5. The van der Waals surface area contributed by atoms with E-state index in [-0.39, 0.29) is 24.9 Å². The lowest BCUT2D eigenvalue weighted by Crippen LogP contribution is -2.46. The smallest absolute Gasteiger partial charge is 0.306 e. The number of rotatable bonds is 42. The maximum Gasteiger partial charge on any atom is 0.306 e. The average molecular weight is 810 g/mol. The Kier molecular flexibility index (Phi) is 43.3. The second kappa shape index (κ2) is 45.4. The summed E-state index contributed by atoms with van der Waals surface area (Å²) in [5, 5.41) is 23.6. The van der Waals surface area contributed by atoms with Crippen molar-refractivity contribution < 1.29 is 24.5 Å². The molecular weight excluding hydrogens is 719 g/mol.